The van der Waals surface area contributed by atoms with Gasteiger partial charge in [0, 0.05) is 5.69 Å². The molecule has 2 atom stereocenters. The molecule has 0 saturated heterocycles. The number of halogens is 3. The largest absolute Gasteiger partial charge is 0.479 e. The van der Waals surface area contributed by atoms with Crippen molar-refractivity contribution in [1.29, 1.82) is 0 Å². The zero-order valence-electron chi connectivity index (χ0n) is 14.6. The lowest BCUT2D eigenvalue weighted by molar-refractivity contribution is -0.159. The van der Waals surface area contributed by atoms with Gasteiger partial charge in [-0.1, -0.05) is 18.2 Å². The number of anilines is 1. The molecule has 5 nitrogen and oxygen atoms in total. The summed E-state index contributed by atoms with van der Waals surface area (Å²) in [4.78, 5) is 24.1. The maximum Gasteiger partial charge on any atom is 0.416 e. The molecule has 1 amide bonds. The quantitative estimate of drug-likeness (QED) is 0.767. The number of hydrogen-bond acceptors (Lipinski definition) is 4. The molecule has 0 unspecified atom stereocenters. The minimum absolute atomic E-state index is 0.157. The number of rotatable bonds is 6. The van der Waals surface area contributed by atoms with Crippen LogP contribution in [0.3, 0.4) is 0 Å². The zero-order valence-corrected chi connectivity index (χ0v) is 14.6. The molecule has 0 bridgehead atoms. The van der Waals surface area contributed by atoms with Crippen molar-refractivity contribution in [2.24, 2.45) is 0 Å². The second-order valence-corrected chi connectivity index (χ2v) is 5.72. The Labute approximate surface area is 154 Å². The first-order valence-electron chi connectivity index (χ1n) is 8.07. The molecule has 2 aromatic rings. The van der Waals surface area contributed by atoms with E-state index in [1.807, 2.05) is 0 Å². The van der Waals surface area contributed by atoms with Crippen molar-refractivity contribution in [2.75, 3.05) is 5.32 Å². The van der Waals surface area contributed by atoms with Crippen molar-refractivity contribution in [3.8, 4) is 5.75 Å². The number of para-hydroxylation sites is 1. The maximum absolute atomic E-state index is 12.5. The van der Waals surface area contributed by atoms with Gasteiger partial charge in [-0.3, -0.25) is 4.79 Å². The third kappa shape index (κ3) is 6.02. The van der Waals surface area contributed by atoms with E-state index in [0.717, 1.165) is 24.3 Å². The van der Waals surface area contributed by atoms with Crippen LogP contribution in [0, 0.1) is 0 Å². The second kappa shape index (κ2) is 8.57. The van der Waals surface area contributed by atoms with E-state index in [9.17, 15) is 22.8 Å². The van der Waals surface area contributed by atoms with Crippen LogP contribution in [0.2, 0.25) is 0 Å². The summed E-state index contributed by atoms with van der Waals surface area (Å²) in [5, 5.41) is 2.39. The van der Waals surface area contributed by atoms with Crippen molar-refractivity contribution in [3.05, 3.63) is 60.2 Å². The topological polar surface area (TPSA) is 64.6 Å². The number of carbonyl (C=O) groups is 2. The van der Waals surface area contributed by atoms with Gasteiger partial charge in [0.15, 0.2) is 12.2 Å². The van der Waals surface area contributed by atoms with Gasteiger partial charge in [-0.15, -0.1) is 0 Å². The van der Waals surface area contributed by atoms with Crippen molar-refractivity contribution in [3.63, 3.8) is 0 Å². The minimum Gasteiger partial charge on any atom is -0.479 e. The van der Waals surface area contributed by atoms with Gasteiger partial charge >= 0.3 is 12.1 Å². The van der Waals surface area contributed by atoms with Crippen LogP contribution < -0.4 is 10.1 Å². The fourth-order valence-corrected chi connectivity index (χ4v) is 2.06. The predicted molar refractivity (Wildman–Crippen MR) is 92.2 cm³/mol. The fraction of sp³-hybridized carbons (Fsp3) is 0.263. The standard InChI is InChI=1S/C19H18F3NO4/c1-12(27-18(25)13(2)26-16-6-4-3-5-7-16)17(24)23-15-10-8-14(9-11-15)19(20,21)22/h3-13H,1-2H3,(H,23,24)/t12-,13-/m1/s1. The molecule has 1 N–H and O–H groups in total. The summed E-state index contributed by atoms with van der Waals surface area (Å²) in [7, 11) is 0. The van der Waals surface area contributed by atoms with Crippen molar-refractivity contribution < 1.29 is 32.2 Å². The predicted octanol–water partition coefficient (Wildman–Crippen LogP) is 4.04. The first-order chi connectivity index (χ1) is 12.7. The Hall–Kier alpha value is -3.03. The van der Waals surface area contributed by atoms with Crippen LogP contribution in [0.4, 0.5) is 18.9 Å². The third-order valence-electron chi connectivity index (χ3n) is 3.53. The molecular weight excluding hydrogens is 363 g/mol. The van der Waals surface area contributed by atoms with Crippen LogP contribution in [0.25, 0.3) is 0 Å². The average molecular weight is 381 g/mol. The molecule has 2 rings (SSSR count). The summed E-state index contributed by atoms with van der Waals surface area (Å²) in [5.41, 5.74) is -0.670. The van der Waals surface area contributed by atoms with Crippen LogP contribution in [0.15, 0.2) is 54.6 Å². The Morgan fingerprint density at radius 1 is 0.926 bits per heavy atom. The summed E-state index contributed by atoms with van der Waals surface area (Å²) in [6, 6.07) is 12.6. The van der Waals surface area contributed by atoms with E-state index in [2.05, 4.69) is 5.32 Å². The molecule has 0 spiro atoms. The summed E-state index contributed by atoms with van der Waals surface area (Å²) in [6.45, 7) is 2.84. The van der Waals surface area contributed by atoms with Crippen LogP contribution in [0.1, 0.15) is 19.4 Å². The lowest BCUT2D eigenvalue weighted by Gasteiger charge is -2.18. The van der Waals surface area contributed by atoms with Gasteiger partial charge in [-0.2, -0.15) is 13.2 Å². The Bertz CT molecular complexity index is 776. The van der Waals surface area contributed by atoms with Gasteiger partial charge in [-0.05, 0) is 50.2 Å². The van der Waals surface area contributed by atoms with E-state index in [1.165, 1.54) is 13.8 Å². The van der Waals surface area contributed by atoms with Crippen molar-refractivity contribution in [2.45, 2.75) is 32.2 Å². The SMILES string of the molecule is C[C@@H](OC(=O)[C@@H](C)Oc1ccccc1)C(=O)Nc1ccc(C(F)(F)F)cc1. The molecule has 0 heterocycles. The Morgan fingerprint density at radius 3 is 2.07 bits per heavy atom. The van der Waals surface area contributed by atoms with E-state index < -0.39 is 35.8 Å². The molecule has 0 aliphatic rings. The van der Waals surface area contributed by atoms with Crippen LogP contribution in [-0.2, 0) is 20.5 Å². The Kier molecular flexibility index (Phi) is 6.44. The molecule has 144 valence electrons. The molecule has 0 aliphatic carbocycles. The van der Waals surface area contributed by atoms with E-state index >= 15 is 0 Å². The number of benzene rings is 2. The molecule has 8 heteroatoms. The highest BCUT2D eigenvalue weighted by molar-refractivity contribution is 5.95. The van der Waals surface area contributed by atoms with Crippen molar-refractivity contribution in [1.82, 2.24) is 0 Å². The first-order valence-corrected chi connectivity index (χ1v) is 8.07. The molecule has 27 heavy (non-hydrogen) atoms. The molecule has 2 aromatic carbocycles. The molecule has 0 aromatic heterocycles. The zero-order chi connectivity index (χ0) is 20.0. The Morgan fingerprint density at radius 2 is 1.52 bits per heavy atom. The summed E-state index contributed by atoms with van der Waals surface area (Å²) >= 11 is 0. The van der Waals surface area contributed by atoms with Gasteiger partial charge in [0.25, 0.3) is 5.91 Å². The number of carbonyl (C=O) groups excluding carboxylic acids is 2. The van der Waals surface area contributed by atoms with Crippen LogP contribution >= 0.6 is 0 Å². The van der Waals surface area contributed by atoms with E-state index in [4.69, 9.17) is 9.47 Å². The second-order valence-electron chi connectivity index (χ2n) is 5.72. The van der Waals surface area contributed by atoms with Crippen molar-refractivity contribution >= 4 is 17.6 Å². The lowest BCUT2D eigenvalue weighted by atomic mass is 10.2. The minimum atomic E-state index is -4.46. The fourth-order valence-electron chi connectivity index (χ4n) is 2.06. The number of ether oxygens (including phenoxy) is 2. The highest BCUT2D eigenvalue weighted by Gasteiger charge is 2.30. The number of esters is 1. The normalized spacial score (nSPS) is 13.4. The van der Waals surface area contributed by atoms with Gasteiger partial charge < -0.3 is 14.8 Å². The Balaban J connectivity index is 1.88. The number of hydrogen-bond donors (Lipinski definition) is 1. The molecule has 0 fully saturated rings. The highest BCUT2D eigenvalue weighted by atomic mass is 19.4. The van der Waals surface area contributed by atoms with Crippen LogP contribution in [0.5, 0.6) is 5.75 Å². The van der Waals surface area contributed by atoms with E-state index in [1.54, 1.807) is 30.3 Å². The summed E-state index contributed by atoms with van der Waals surface area (Å²) in [6.07, 6.45) is -6.55. The smallest absolute Gasteiger partial charge is 0.416 e. The third-order valence-corrected chi connectivity index (χ3v) is 3.53. The number of amides is 1. The average Bonchev–Trinajstić information content (AvgIpc) is 2.62. The molecule has 0 saturated carbocycles. The van der Waals surface area contributed by atoms with Gasteiger partial charge in [0.2, 0.25) is 0 Å². The lowest BCUT2D eigenvalue weighted by Crippen LogP contribution is -2.35. The molecular formula is C19H18F3NO4. The highest BCUT2D eigenvalue weighted by Crippen LogP contribution is 2.29. The van der Waals surface area contributed by atoms with Gasteiger partial charge in [0.1, 0.15) is 5.75 Å². The van der Waals surface area contributed by atoms with Gasteiger partial charge in [-0.25, -0.2) is 4.79 Å². The summed E-state index contributed by atoms with van der Waals surface area (Å²) in [5.74, 6) is -0.937. The number of alkyl halides is 3. The number of nitrogens with one attached hydrogen (secondary N) is 1. The molecule has 0 aliphatic heterocycles. The maximum atomic E-state index is 12.5. The van der Waals surface area contributed by atoms with Gasteiger partial charge in [0.05, 0.1) is 5.56 Å². The summed E-state index contributed by atoms with van der Waals surface area (Å²) < 4.78 is 48.0. The molecule has 0 radical (unpaired) electrons. The van der Waals surface area contributed by atoms with E-state index in [-0.39, 0.29) is 5.69 Å². The van der Waals surface area contributed by atoms with Crippen LogP contribution in [-0.4, -0.2) is 24.1 Å². The monoisotopic (exact) mass is 381 g/mol. The van der Waals surface area contributed by atoms with E-state index in [0.29, 0.717) is 5.75 Å². The first kappa shape index (κ1) is 20.3.